The Labute approximate surface area is 320 Å². The fraction of sp³-hybridized carbons (Fsp3) is 0.0192. The molecule has 3 heteroatoms. The van der Waals surface area contributed by atoms with Crippen LogP contribution in [0.15, 0.2) is 201 Å². The van der Waals surface area contributed by atoms with Crippen molar-refractivity contribution in [2.75, 3.05) is 0 Å². The molecule has 0 fully saturated rings. The van der Waals surface area contributed by atoms with E-state index in [1.807, 2.05) is 43.0 Å². The van der Waals surface area contributed by atoms with Crippen LogP contribution in [0.2, 0.25) is 0 Å². The van der Waals surface area contributed by atoms with Crippen molar-refractivity contribution < 1.29 is 0 Å². The second-order valence-electron chi connectivity index (χ2n) is 14.4. The molecule has 3 aromatic heterocycles. The lowest BCUT2D eigenvalue weighted by atomic mass is 9.65. The quantitative estimate of drug-likeness (QED) is 0.184. The largest absolute Gasteiger partial charge is 0.265 e. The Morgan fingerprint density at radius 2 is 0.709 bits per heavy atom. The third-order valence-corrected chi connectivity index (χ3v) is 11.5. The predicted octanol–water partition coefficient (Wildman–Crippen LogP) is 12.6. The summed E-state index contributed by atoms with van der Waals surface area (Å²) < 4.78 is 0. The lowest BCUT2D eigenvalue weighted by molar-refractivity contribution is 0.776. The van der Waals surface area contributed by atoms with Gasteiger partial charge in [-0.3, -0.25) is 15.0 Å². The smallest absolute Gasteiger partial charge is 0.0725 e. The van der Waals surface area contributed by atoms with Crippen molar-refractivity contribution in [3.63, 3.8) is 0 Å². The van der Waals surface area contributed by atoms with Gasteiger partial charge in [-0.15, -0.1) is 0 Å². The third kappa shape index (κ3) is 4.80. The van der Waals surface area contributed by atoms with Crippen LogP contribution in [0.3, 0.4) is 0 Å². The number of nitrogens with zero attached hydrogens (tertiary/aromatic N) is 3. The van der Waals surface area contributed by atoms with Crippen LogP contribution in [0.4, 0.5) is 0 Å². The van der Waals surface area contributed by atoms with Gasteiger partial charge in [-0.2, -0.15) is 0 Å². The first-order chi connectivity index (χ1) is 27.3. The van der Waals surface area contributed by atoms with Gasteiger partial charge in [0.15, 0.2) is 0 Å². The SMILES string of the molecule is c1ccc(-c2ccc(-c3ccc4c(c3)C3(c5cc(-c6ccc(-c7ccncc7)nc6)ccc5-c5ccccc5-4)c4ccccc4-c4ccccc43)cn2)cc1. The number of fused-ring (bicyclic) bond motifs is 12. The Morgan fingerprint density at radius 3 is 1.20 bits per heavy atom. The molecule has 6 aromatic carbocycles. The topological polar surface area (TPSA) is 38.7 Å². The molecule has 2 aliphatic rings. The van der Waals surface area contributed by atoms with Gasteiger partial charge in [-0.25, -0.2) is 0 Å². The molecule has 9 aromatic rings. The fourth-order valence-corrected chi connectivity index (χ4v) is 9.05. The molecule has 0 unspecified atom stereocenters. The zero-order valence-corrected chi connectivity index (χ0v) is 29.9. The Hall–Kier alpha value is -7.23. The van der Waals surface area contributed by atoms with Gasteiger partial charge in [0.2, 0.25) is 0 Å². The molecule has 1 spiro atoms. The molecular formula is C52H33N3. The maximum Gasteiger partial charge on any atom is 0.0725 e. The Balaban J connectivity index is 1.19. The molecule has 3 heterocycles. The highest BCUT2D eigenvalue weighted by molar-refractivity contribution is 5.98. The lowest BCUT2D eigenvalue weighted by Crippen LogP contribution is -2.29. The number of hydrogen-bond acceptors (Lipinski definition) is 3. The summed E-state index contributed by atoms with van der Waals surface area (Å²) in [5.41, 5.74) is 20.5. The van der Waals surface area contributed by atoms with Crippen molar-refractivity contribution in [3.05, 3.63) is 223 Å². The summed E-state index contributed by atoms with van der Waals surface area (Å²) in [5, 5.41) is 0. The predicted molar refractivity (Wildman–Crippen MR) is 223 cm³/mol. The van der Waals surface area contributed by atoms with Gasteiger partial charge in [0.05, 0.1) is 16.8 Å². The van der Waals surface area contributed by atoms with Gasteiger partial charge >= 0.3 is 0 Å². The number of hydrogen-bond donors (Lipinski definition) is 0. The average Bonchev–Trinajstić information content (AvgIpc) is 3.52. The molecule has 0 amide bonds. The van der Waals surface area contributed by atoms with Crippen molar-refractivity contribution in [1.82, 2.24) is 15.0 Å². The van der Waals surface area contributed by atoms with Crippen molar-refractivity contribution >= 4 is 0 Å². The van der Waals surface area contributed by atoms with Crippen LogP contribution in [0.5, 0.6) is 0 Å². The van der Waals surface area contributed by atoms with E-state index in [1.165, 1.54) is 55.6 Å². The number of benzene rings is 6. The van der Waals surface area contributed by atoms with E-state index in [2.05, 4.69) is 163 Å². The van der Waals surface area contributed by atoms with Gasteiger partial charge in [0, 0.05) is 47.0 Å². The van der Waals surface area contributed by atoms with Gasteiger partial charge in [0.1, 0.15) is 0 Å². The summed E-state index contributed by atoms with van der Waals surface area (Å²) in [6.07, 6.45) is 7.65. The van der Waals surface area contributed by atoms with E-state index in [1.54, 1.807) is 0 Å². The van der Waals surface area contributed by atoms with Crippen LogP contribution in [0.1, 0.15) is 22.3 Å². The van der Waals surface area contributed by atoms with Crippen molar-refractivity contribution in [2.45, 2.75) is 5.41 Å². The van der Waals surface area contributed by atoms with E-state index in [4.69, 9.17) is 9.97 Å². The van der Waals surface area contributed by atoms with Crippen molar-refractivity contribution in [2.24, 2.45) is 0 Å². The minimum atomic E-state index is -0.606. The molecule has 11 rings (SSSR count). The first-order valence-corrected chi connectivity index (χ1v) is 18.7. The molecule has 55 heavy (non-hydrogen) atoms. The van der Waals surface area contributed by atoms with Gasteiger partial charge < -0.3 is 0 Å². The van der Waals surface area contributed by atoms with E-state index in [0.717, 1.165) is 44.8 Å². The molecule has 0 bridgehead atoms. The number of aromatic nitrogens is 3. The zero-order valence-electron chi connectivity index (χ0n) is 29.9. The highest BCUT2D eigenvalue weighted by Gasteiger charge is 2.49. The molecule has 2 aliphatic carbocycles. The first-order valence-electron chi connectivity index (χ1n) is 18.7. The summed E-state index contributed by atoms with van der Waals surface area (Å²) in [6, 6.07) is 64.0. The van der Waals surface area contributed by atoms with Crippen LogP contribution in [0.25, 0.3) is 78.1 Å². The molecule has 0 atom stereocenters. The molecule has 256 valence electrons. The maximum atomic E-state index is 4.95. The van der Waals surface area contributed by atoms with E-state index in [9.17, 15) is 0 Å². The van der Waals surface area contributed by atoms with Crippen molar-refractivity contribution in [3.8, 4) is 78.1 Å². The number of rotatable bonds is 4. The van der Waals surface area contributed by atoms with Crippen LogP contribution >= 0.6 is 0 Å². The van der Waals surface area contributed by atoms with Gasteiger partial charge in [0.25, 0.3) is 0 Å². The minimum absolute atomic E-state index is 0.606. The highest BCUT2D eigenvalue weighted by Crippen LogP contribution is 2.62. The van der Waals surface area contributed by atoms with Gasteiger partial charge in [-0.05, 0) is 103 Å². The molecule has 0 N–H and O–H groups in total. The summed E-state index contributed by atoms with van der Waals surface area (Å²) in [6.45, 7) is 0. The van der Waals surface area contributed by atoms with Crippen LogP contribution in [-0.4, -0.2) is 15.0 Å². The van der Waals surface area contributed by atoms with Crippen LogP contribution in [-0.2, 0) is 5.41 Å². The molecule has 0 radical (unpaired) electrons. The molecule has 0 saturated carbocycles. The Bertz CT molecular complexity index is 2700. The normalized spacial score (nSPS) is 12.9. The molecular weight excluding hydrogens is 667 g/mol. The number of pyridine rings is 3. The average molecular weight is 700 g/mol. The lowest BCUT2D eigenvalue weighted by Gasteiger charge is -2.36. The summed E-state index contributed by atoms with van der Waals surface area (Å²) in [4.78, 5) is 14.1. The van der Waals surface area contributed by atoms with E-state index in [-0.39, 0.29) is 0 Å². The highest BCUT2D eigenvalue weighted by atomic mass is 14.7. The Morgan fingerprint density at radius 1 is 0.291 bits per heavy atom. The van der Waals surface area contributed by atoms with E-state index >= 15 is 0 Å². The second kappa shape index (κ2) is 12.4. The summed E-state index contributed by atoms with van der Waals surface area (Å²) in [5.74, 6) is 0. The maximum absolute atomic E-state index is 4.95. The first kappa shape index (κ1) is 31.3. The van der Waals surface area contributed by atoms with Crippen molar-refractivity contribution in [1.29, 1.82) is 0 Å². The second-order valence-corrected chi connectivity index (χ2v) is 14.4. The van der Waals surface area contributed by atoms with Crippen LogP contribution < -0.4 is 0 Å². The van der Waals surface area contributed by atoms with E-state index in [0.29, 0.717) is 0 Å². The molecule has 0 aliphatic heterocycles. The third-order valence-electron chi connectivity index (χ3n) is 11.5. The minimum Gasteiger partial charge on any atom is -0.265 e. The van der Waals surface area contributed by atoms with Crippen LogP contribution in [0, 0.1) is 0 Å². The fourth-order valence-electron chi connectivity index (χ4n) is 9.05. The monoisotopic (exact) mass is 699 g/mol. The summed E-state index contributed by atoms with van der Waals surface area (Å²) >= 11 is 0. The van der Waals surface area contributed by atoms with E-state index < -0.39 is 5.41 Å². The van der Waals surface area contributed by atoms with Gasteiger partial charge in [-0.1, -0.05) is 140 Å². The Kier molecular flexibility index (Phi) is 7.08. The summed E-state index contributed by atoms with van der Waals surface area (Å²) in [7, 11) is 0. The molecule has 3 nitrogen and oxygen atoms in total. The zero-order chi connectivity index (χ0) is 36.3. The molecule has 0 saturated heterocycles. The standard InChI is InChI=1S/C52H33N3/c1-2-10-34(11-3-1)50-24-20-38(32-54-50)36-18-22-44-40-12-4-5-13-41(40)45-23-19-37(39-21-25-51(55-33-39)35-26-28-53-29-27-35)31-49(45)52(48(44)30-36)46-16-8-6-14-42(46)43-15-7-9-17-47(43)52/h1-33H.